The highest BCUT2D eigenvalue weighted by Crippen LogP contribution is 2.29. The molecular formula is C27H28N6O. The van der Waals surface area contributed by atoms with Crippen molar-refractivity contribution in [1.82, 2.24) is 14.4 Å². The van der Waals surface area contributed by atoms with Crippen molar-refractivity contribution in [1.29, 1.82) is 0 Å². The molecule has 1 saturated heterocycles. The van der Waals surface area contributed by atoms with Crippen molar-refractivity contribution in [3.63, 3.8) is 0 Å². The van der Waals surface area contributed by atoms with Crippen LogP contribution in [0.4, 0.5) is 17.2 Å². The predicted molar refractivity (Wildman–Crippen MR) is 136 cm³/mol. The third kappa shape index (κ3) is 4.03. The third-order valence-electron chi connectivity index (χ3n) is 6.95. The van der Waals surface area contributed by atoms with Gasteiger partial charge in [-0.3, -0.25) is 4.99 Å². The Balaban J connectivity index is 1.23. The number of aliphatic hydroxyl groups excluding tert-OH is 1. The fraction of sp³-hybridized carbons (Fsp3) is 0.296. The molecule has 0 atom stereocenters. The van der Waals surface area contributed by atoms with E-state index in [1.54, 1.807) is 6.20 Å². The highest BCUT2D eigenvalue weighted by molar-refractivity contribution is 5.86. The summed E-state index contributed by atoms with van der Waals surface area (Å²) < 4.78 is 2.01. The number of aliphatic imine (C=N–C) groups is 1. The average Bonchev–Trinajstić information content (AvgIpc) is 3.54. The van der Waals surface area contributed by atoms with Gasteiger partial charge in [-0.15, -0.1) is 0 Å². The minimum absolute atomic E-state index is 0.297. The second kappa shape index (κ2) is 8.91. The summed E-state index contributed by atoms with van der Waals surface area (Å²) in [6, 6.07) is 14.9. The lowest BCUT2D eigenvalue weighted by Crippen LogP contribution is -2.33. The molecule has 4 aromatic rings. The molecule has 0 aliphatic carbocycles. The molecule has 2 aromatic heterocycles. The van der Waals surface area contributed by atoms with E-state index in [0.29, 0.717) is 12.5 Å². The second-order valence-corrected chi connectivity index (χ2v) is 9.13. The summed E-state index contributed by atoms with van der Waals surface area (Å²) >= 11 is 0. The summed E-state index contributed by atoms with van der Waals surface area (Å²) in [4.78, 5) is 16.2. The number of aromatic nitrogens is 3. The average molecular weight is 453 g/mol. The zero-order chi connectivity index (χ0) is 22.9. The van der Waals surface area contributed by atoms with Gasteiger partial charge in [-0.25, -0.2) is 9.97 Å². The molecule has 7 nitrogen and oxygen atoms in total. The molecule has 2 N–H and O–H groups in total. The standard InChI is InChI=1S/C27H28N6O/c34-14-9-19-7-11-32(12-8-19)24-5-3-23(4-6-24)30-26-27-29-10-13-33(27)18-25(31-26)20-1-2-21-16-28-17-22(21)15-20/h1-6,10,13,15-16,18-19,34H,7-9,11-12,14,17H2,(H,30,31). The van der Waals surface area contributed by atoms with Crippen LogP contribution in [0.5, 0.6) is 0 Å². The molecule has 0 amide bonds. The van der Waals surface area contributed by atoms with Crippen molar-refractivity contribution in [2.75, 3.05) is 29.9 Å². The number of hydrogen-bond acceptors (Lipinski definition) is 6. The monoisotopic (exact) mass is 452 g/mol. The van der Waals surface area contributed by atoms with E-state index < -0.39 is 0 Å². The summed E-state index contributed by atoms with van der Waals surface area (Å²) in [5.74, 6) is 1.38. The summed E-state index contributed by atoms with van der Waals surface area (Å²) in [6.07, 6.45) is 10.9. The Labute approximate surface area is 198 Å². The molecule has 172 valence electrons. The fourth-order valence-electron chi connectivity index (χ4n) is 4.98. The van der Waals surface area contributed by atoms with Crippen LogP contribution in [0.2, 0.25) is 0 Å². The van der Waals surface area contributed by atoms with Crippen LogP contribution in [0, 0.1) is 5.92 Å². The van der Waals surface area contributed by atoms with Gasteiger partial charge in [0.2, 0.25) is 0 Å². The Morgan fingerprint density at radius 1 is 1.06 bits per heavy atom. The molecule has 34 heavy (non-hydrogen) atoms. The van der Waals surface area contributed by atoms with Crippen molar-refractivity contribution < 1.29 is 5.11 Å². The summed E-state index contributed by atoms with van der Waals surface area (Å²) in [5.41, 5.74) is 7.40. The third-order valence-corrected chi connectivity index (χ3v) is 6.95. The first-order chi connectivity index (χ1) is 16.8. The normalized spacial score (nSPS) is 15.7. The summed E-state index contributed by atoms with van der Waals surface area (Å²) in [6.45, 7) is 3.11. The van der Waals surface area contributed by atoms with E-state index in [1.807, 2.05) is 23.0 Å². The highest BCUT2D eigenvalue weighted by atomic mass is 16.3. The van der Waals surface area contributed by atoms with Gasteiger partial charge in [-0.2, -0.15) is 0 Å². The molecule has 0 saturated carbocycles. The summed E-state index contributed by atoms with van der Waals surface area (Å²) in [7, 11) is 0. The Morgan fingerprint density at radius 2 is 1.91 bits per heavy atom. The minimum atomic E-state index is 0.297. The lowest BCUT2D eigenvalue weighted by atomic mass is 9.93. The Hall–Kier alpha value is -3.71. The van der Waals surface area contributed by atoms with E-state index in [1.165, 1.54) is 16.8 Å². The summed E-state index contributed by atoms with van der Waals surface area (Å²) in [5, 5.41) is 12.7. The van der Waals surface area contributed by atoms with Crippen LogP contribution in [-0.4, -0.2) is 45.4 Å². The quantitative estimate of drug-likeness (QED) is 0.445. The molecule has 0 bridgehead atoms. The van der Waals surface area contributed by atoms with Crippen molar-refractivity contribution in [2.45, 2.75) is 25.8 Å². The molecule has 2 aliphatic heterocycles. The van der Waals surface area contributed by atoms with E-state index in [9.17, 15) is 5.11 Å². The Kier molecular flexibility index (Phi) is 5.47. The first-order valence-corrected chi connectivity index (χ1v) is 12.0. The lowest BCUT2D eigenvalue weighted by molar-refractivity contribution is 0.240. The number of fused-ring (bicyclic) bond motifs is 2. The van der Waals surface area contributed by atoms with Gasteiger partial charge in [-0.05, 0) is 66.6 Å². The molecule has 2 aliphatic rings. The van der Waals surface area contributed by atoms with Crippen LogP contribution in [0.1, 0.15) is 30.4 Å². The second-order valence-electron chi connectivity index (χ2n) is 9.13. The van der Waals surface area contributed by atoms with E-state index in [0.717, 1.165) is 67.3 Å². The smallest absolute Gasteiger partial charge is 0.180 e. The number of nitrogens with zero attached hydrogens (tertiary/aromatic N) is 5. The van der Waals surface area contributed by atoms with Gasteiger partial charge < -0.3 is 19.7 Å². The van der Waals surface area contributed by atoms with Gasteiger partial charge in [0.05, 0.1) is 12.2 Å². The number of benzene rings is 2. The Bertz CT molecular complexity index is 1340. The van der Waals surface area contributed by atoms with Gasteiger partial charge in [0.15, 0.2) is 11.5 Å². The largest absolute Gasteiger partial charge is 0.396 e. The van der Waals surface area contributed by atoms with Crippen molar-refractivity contribution in [2.24, 2.45) is 10.9 Å². The number of anilines is 3. The maximum Gasteiger partial charge on any atom is 0.180 e. The number of aliphatic hydroxyl groups is 1. The van der Waals surface area contributed by atoms with E-state index in [4.69, 9.17) is 4.98 Å². The topological polar surface area (TPSA) is 78.0 Å². The number of piperidine rings is 1. The first kappa shape index (κ1) is 20.9. The van der Waals surface area contributed by atoms with Crippen molar-refractivity contribution in [3.8, 4) is 11.3 Å². The zero-order valence-corrected chi connectivity index (χ0v) is 19.1. The van der Waals surface area contributed by atoms with E-state index in [2.05, 4.69) is 62.7 Å². The first-order valence-electron chi connectivity index (χ1n) is 12.0. The molecular weight excluding hydrogens is 424 g/mol. The Morgan fingerprint density at radius 3 is 2.74 bits per heavy atom. The van der Waals surface area contributed by atoms with Crippen LogP contribution >= 0.6 is 0 Å². The van der Waals surface area contributed by atoms with Crippen LogP contribution in [-0.2, 0) is 6.54 Å². The molecule has 0 radical (unpaired) electrons. The molecule has 4 heterocycles. The van der Waals surface area contributed by atoms with Crippen LogP contribution < -0.4 is 10.2 Å². The van der Waals surface area contributed by atoms with E-state index >= 15 is 0 Å². The number of imidazole rings is 1. The number of nitrogens with one attached hydrogen (secondary N) is 1. The lowest BCUT2D eigenvalue weighted by Gasteiger charge is -2.33. The molecule has 0 unspecified atom stereocenters. The van der Waals surface area contributed by atoms with Crippen LogP contribution in [0.25, 0.3) is 16.9 Å². The molecule has 7 heteroatoms. The van der Waals surface area contributed by atoms with Gasteiger partial charge in [0.25, 0.3) is 0 Å². The number of hydrogen-bond donors (Lipinski definition) is 2. The van der Waals surface area contributed by atoms with Gasteiger partial charge in [-0.1, -0.05) is 12.1 Å². The highest BCUT2D eigenvalue weighted by Gasteiger charge is 2.19. The minimum Gasteiger partial charge on any atom is -0.396 e. The van der Waals surface area contributed by atoms with E-state index in [-0.39, 0.29) is 0 Å². The maximum absolute atomic E-state index is 9.19. The van der Waals surface area contributed by atoms with Gasteiger partial charge in [0.1, 0.15) is 0 Å². The van der Waals surface area contributed by atoms with Crippen LogP contribution in [0.15, 0.2) is 66.0 Å². The molecule has 1 fully saturated rings. The SMILES string of the molecule is OCCC1CCN(c2ccc(Nc3nc(-c4ccc5c(c4)CN=C5)cn4ccnc34)cc2)CC1. The maximum atomic E-state index is 9.19. The molecule has 0 spiro atoms. The number of rotatable bonds is 6. The van der Waals surface area contributed by atoms with Crippen molar-refractivity contribution >= 4 is 29.1 Å². The predicted octanol–water partition coefficient (Wildman–Crippen LogP) is 4.67. The van der Waals surface area contributed by atoms with Crippen molar-refractivity contribution in [3.05, 3.63) is 72.2 Å². The zero-order valence-electron chi connectivity index (χ0n) is 19.1. The van der Waals surface area contributed by atoms with Gasteiger partial charge in [0, 0.05) is 61.4 Å². The molecule has 6 rings (SSSR count). The van der Waals surface area contributed by atoms with Gasteiger partial charge >= 0.3 is 0 Å². The molecule has 2 aromatic carbocycles. The fourth-order valence-corrected chi connectivity index (χ4v) is 4.98. The van der Waals surface area contributed by atoms with Crippen LogP contribution in [0.3, 0.4) is 0 Å².